The topological polar surface area (TPSA) is 93.9 Å². The number of benzene rings is 1. The largest absolute Gasteiger partial charge is 0.460 e. The Morgan fingerprint density at radius 2 is 1.96 bits per heavy atom. The van der Waals surface area contributed by atoms with Crippen LogP contribution in [0.3, 0.4) is 0 Å². The number of methoxy groups -OCH3 is 1. The maximum Gasteiger partial charge on any atom is 0.338 e. The number of hydrogen-bond acceptors (Lipinski definition) is 5. The molecule has 1 unspecified atom stereocenters. The lowest BCUT2D eigenvalue weighted by atomic mass is 9.94. The molecule has 1 aromatic rings. The number of anilines is 1. The summed E-state index contributed by atoms with van der Waals surface area (Å²) in [7, 11) is 1.54. The maximum atomic E-state index is 12.6. The van der Waals surface area contributed by atoms with Crippen LogP contribution in [0.2, 0.25) is 0 Å². The van der Waals surface area contributed by atoms with Crippen molar-refractivity contribution >= 4 is 17.7 Å². The highest BCUT2D eigenvalue weighted by Gasteiger charge is 2.35. The molecule has 1 heterocycles. The van der Waals surface area contributed by atoms with E-state index in [1.807, 2.05) is 6.92 Å². The second-order valence-electron chi connectivity index (χ2n) is 5.42. The smallest absolute Gasteiger partial charge is 0.338 e. The van der Waals surface area contributed by atoms with Gasteiger partial charge in [-0.1, -0.05) is 12.1 Å². The van der Waals surface area contributed by atoms with Crippen LogP contribution in [0.5, 0.6) is 0 Å². The number of carbonyl (C=O) groups excluding carboxylic acids is 2. The Labute approximate surface area is 141 Å². The summed E-state index contributed by atoms with van der Waals surface area (Å²) in [6.07, 6.45) is 0. The number of nitrogens with zero attached hydrogens (tertiary/aromatic N) is 1. The first-order valence-corrected chi connectivity index (χ1v) is 7.79. The standard InChI is InChI=1S/C17H23N3O4/c1-4-20-11(2)14(16(21)24-10-9-23-3)15(19-17(20)22)12-5-7-13(18)8-6-12/h5-8,15H,4,9-10,18H2,1-3H3,(H,19,22). The van der Waals surface area contributed by atoms with E-state index in [1.165, 1.54) is 12.0 Å². The van der Waals surface area contributed by atoms with E-state index in [9.17, 15) is 9.59 Å². The molecule has 3 N–H and O–H groups in total. The van der Waals surface area contributed by atoms with Crippen LogP contribution in [0.15, 0.2) is 35.5 Å². The Balaban J connectivity index is 2.39. The van der Waals surface area contributed by atoms with Gasteiger partial charge in [-0.3, -0.25) is 4.90 Å². The van der Waals surface area contributed by atoms with Gasteiger partial charge in [0.1, 0.15) is 6.61 Å². The van der Waals surface area contributed by atoms with Crippen molar-refractivity contribution in [2.75, 3.05) is 32.6 Å². The molecular weight excluding hydrogens is 310 g/mol. The number of carbonyl (C=O) groups is 2. The zero-order valence-corrected chi connectivity index (χ0v) is 14.2. The molecule has 0 aliphatic carbocycles. The molecule has 1 aliphatic rings. The van der Waals surface area contributed by atoms with Gasteiger partial charge < -0.3 is 20.5 Å². The molecule has 0 fully saturated rings. The number of allylic oxidation sites excluding steroid dienone is 1. The van der Waals surface area contributed by atoms with Crippen molar-refractivity contribution in [3.8, 4) is 0 Å². The second-order valence-corrected chi connectivity index (χ2v) is 5.42. The van der Waals surface area contributed by atoms with Crippen molar-refractivity contribution in [1.29, 1.82) is 0 Å². The van der Waals surface area contributed by atoms with Crippen LogP contribution in [0, 0.1) is 0 Å². The maximum absolute atomic E-state index is 12.6. The molecule has 1 aromatic carbocycles. The molecular formula is C17H23N3O4. The molecule has 2 rings (SSSR count). The van der Waals surface area contributed by atoms with E-state index in [0.29, 0.717) is 30.1 Å². The lowest BCUT2D eigenvalue weighted by Gasteiger charge is -2.34. The fourth-order valence-corrected chi connectivity index (χ4v) is 2.66. The molecule has 1 atom stereocenters. The van der Waals surface area contributed by atoms with Crippen molar-refractivity contribution < 1.29 is 19.1 Å². The summed E-state index contributed by atoms with van der Waals surface area (Å²) in [6.45, 7) is 4.52. The van der Waals surface area contributed by atoms with Crippen molar-refractivity contribution in [2.24, 2.45) is 0 Å². The molecule has 0 radical (unpaired) electrons. The molecule has 0 aromatic heterocycles. The van der Waals surface area contributed by atoms with E-state index < -0.39 is 12.0 Å². The zero-order valence-electron chi connectivity index (χ0n) is 14.2. The summed E-state index contributed by atoms with van der Waals surface area (Å²) in [5.74, 6) is -0.468. The third-order valence-electron chi connectivity index (χ3n) is 3.92. The molecule has 2 amide bonds. The van der Waals surface area contributed by atoms with Crippen LogP contribution in [0.25, 0.3) is 0 Å². The third-order valence-corrected chi connectivity index (χ3v) is 3.92. The highest BCUT2D eigenvalue weighted by molar-refractivity contribution is 5.95. The number of hydrogen-bond donors (Lipinski definition) is 2. The van der Waals surface area contributed by atoms with Gasteiger partial charge in [-0.05, 0) is 31.5 Å². The lowest BCUT2D eigenvalue weighted by Crippen LogP contribution is -2.47. The van der Waals surface area contributed by atoms with Gasteiger partial charge >= 0.3 is 12.0 Å². The molecule has 24 heavy (non-hydrogen) atoms. The minimum atomic E-state index is -0.573. The molecule has 0 bridgehead atoms. The molecule has 1 aliphatic heterocycles. The Morgan fingerprint density at radius 1 is 1.29 bits per heavy atom. The number of esters is 1. The predicted octanol–water partition coefficient (Wildman–Crippen LogP) is 1.82. The van der Waals surface area contributed by atoms with Crippen LogP contribution in [0.4, 0.5) is 10.5 Å². The van der Waals surface area contributed by atoms with Gasteiger partial charge in [-0.2, -0.15) is 0 Å². The summed E-state index contributed by atoms with van der Waals surface area (Å²) in [4.78, 5) is 26.4. The molecule has 7 heteroatoms. The van der Waals surface area contributed by atoms with Crippen molar-refractivity contribution in [3.63, 3.8) is 0 Å². The van der Waals surface area contributed by atoms with Gasteiger partial charge in [-0.25, -0.2) is 9.59 Å². The average Bonchev–Trinajstić information content (AvgIpc) is 2.55. The van der Waals surface area contributed by atoms with Crippen LogP contribution in [-0.4, -0.2) is 43.8 Å². The minimum Gasteiger partial charge on any atom is -0.460 e. The van der Waals surface area contributed by atoms with E-state index >= 15 is 0 Å². The molecule has 0 saturated heterocycles. The van der Waals surface area contributed by atoms with Crippen molar-refractivity contribution in [3.05, 3.63) is 41.1 Å². The fourth-order valence-electron chi connectivity index (χ4n) is 2.66. The monoisotopic (exact) mass is 333 g/mol. The Bertz CT molecular complexity index is 640. The summed E-state index contributed by atoms with van der Waals surface area (Å²) >= 11 is 0. The van der Waals surface area contributed by atoms with Gasteiger partial charge in [-0.15, -0.1) is 0 Å². The van der Waals surface area contributed by atoms with Crippen LogP contribution in [-0.2, 0) is 14.3 Å². The second kappa shape index (κ2) is 7.83. The fraction of sp³-hybridized carbons (Fsp3) is 0.412. The normalized spacial score (nSPS) is 17.7. The Hall–Kier alpha value is -2.54. The Kier molecular flexibility index (Phi) is 5.81. The van der Waals surface area contributed by atoms with Gasteiger partial charge in [0.15, 0.2) is 0 Å². The zero-order chi connectivity index (χ0) is 17.7. The van der Waals surface area contributed by atoms with Gasteiger partial charge in [0.05, 0.1) is 18.2 Å². The van der Waals surface area contributed by atoms with Crippen molar-refractivity contribution in [1.82, 2.24) is 10.2 Å². The highest BCUT2D eigenvalue weighted by atomic mass is 16.6. The molecule has 130 valence electrons. The third kappa shape index (κ3) is 3.68. The number of urea groups is 1. The number of rotatable bonds is 6. The summed E-state index contributed by atoms with van der Waals surface area (Å²) in [5, 5.41) is 2.86. The van der Waals surface area contributed by atoms with E-state index in [-0.39, 0.29) is 12.6 Å². The average molecular weight is 333 g/mol. The summed E-state index contributed by atoms with van der Waals surface area (Å²) < 4.78 is 10.2. The predicted molar refractivity (Wildman–Crippen MR) is 90.0 cm³/mol. The number of amides is 2. The van der Waals surface area contributed by atoms with Gasteiger partial charge in [0.2, 0.25) is 0 Å². The lowest BCUT2D eigenvalue weighted by molar-refractivity contribution is -0.140. The van der Waals surface area contributed by atoms with Crippen LogP contribution in [0.1, 0.15) is 25.5 Å². The van der Waals surface area contributed by atoms with Crippen LogP contribution >= 0.6 is 0 Å². The SMILES string of the molecule is CCN1C(=O)NC(c2ccc(N)cc2)C(C(=O)OCCOC)=C1C. The van der Waals surface area contributed by atoms with Crippen LogP contribution < -0.4 is 11.1 Å². The number of ether oxygens (including phenoxy) is 2. The summed E-state index contributed by atoms with van der Waals surface area (Å²) in [5.41, 5.74) is 8.10. The van der Waals surface area contributed by atoms with E-state index in [1.54, 1.807) is 31.2 Å². The van der Waals surface area contributed by atoms with Crippen molar-refractivity contribution in [2.45, 2.75) is 19.9 Å². The molecule has 0 saturated carbocycles. The first-order chi connectivity index (χ1) is 11.5. The van der Waals surface area contributed by atoms with E-state index in [0.717, 1.165) is 5.56 Å². The number of nitrogens with one attached hydrogen (secondary N) is 1. The number of nitrogens with two attached hydrogens (primary N) is 1. The van der Waals surface area contributed by atoms with Gasteiger partial charge in [0, 0.05) is 25.0 Å². The van der Waals surface area contributed by atoms with E-state index in [2.05, 4.69) is 5.32 Å². The molecule has 7 nitrogen and oxygen atoms in total. The van der Waals surface area contributed by atoms with Gasteiger partial charge in [0.25, 0.3) is 0 Å². The quantitative estimate of drug-likeness (QED) is 0.470. The Morgan fingerprint density at radius 3 is 2.54 bits per heavy atom. The summed E-state index contributed by atoms with van der Waals surface area (Å²) in [6, 6.07) is 6.23. The number of nitrogen functional groups attached to an aromatic ring is 1. The minimum absolute atomic E-state index is 0.153. The van der Waals surface area contributed by atoms with E-state index in [4.69, 9.17) is 15.2 Å². The first-order valence-electron chi connectivity index (χ1n) is 7.79. The molecule has 0 spiro atoms. The first kappa shape index (κ1) is 17.8. The highest BCUT2D eigenvalue weighted by Crippen LogP contribution is 2.31.